The normalized spacial score (nSPS) is 17.0. The van der Waals surface area contributed by atoms with Crippen LogP contribution in [0.1, 0.15) is 38.7 Å². The lowest BCUT2D eigenvalue weighted by Crippen LogP contribution is -2.44. The molecule has 2 rings (SSSR count). The molecule has 1 aliphatic rings. The van der Waals surface area contributed by atoms with Crippen molar-refractivity contribution in [3.8, 4) is 0 Å². The van der Waals surface area contributed by atoms with E-state index in [0.29, 0.717) is 45.3 Å². The van der Waals surface area contributed by atoms with Crippen LogP contribution in [0.5, 0.6) is 0 Å². The number of carbonyl (C=O) groups is 1. The quantitative estimate of drug-likeness (QED) is 0.727. The van der Waals surface area contributed by atoms with Gasteiger partial charge in [-0.2, -0.15) is 0 Å². The van der Waals surface area contributed by atoms with Crippen molar-refractivity contribution in [2.24, 2.45) is 5.92 Å². The molecule has 1 aromatic rings. The van der Waals surface area contributed by atoms with E-state index >= 15 is 0 Å². The monoisotopic (exact) mass is 353 g/mol. The Morgan fingerprint density at radius 1 is 1.38 bits per heavy atom. The van der Waals surface area contributed by atoms with Crippen LogP contribution >= 0.6 is 11.6 Å². The second-order valence-electron chi connectivity index (χ2n) is 6.90. The molecule has 0 aromatic heterocycles. The summed E-state index contributed by atoms with van der Waals surface area (Å²) in [7, 11) is 0. The molecule has 134 valence electrons. The molecule has 1 amide bonds. The first kappa shape index (κ1) is 19.2. The minimum atomic E-state index is -0.0996. The molecule has 1 aromatic carbocycles. The maximum absolute atomic E-state index is 12.1. The van der Waals surface area contributed by atoms with Gasteiger partial charge in [-0.15, -0.1) is 0 Å². The van der Waals surface area contributed by atoms with Gasteiger partial charge in [0.25, 0.3) is 0 Å². The molecule has 0 bridgehead atoms. The zero-order valence-electron chi connectivity index (χ0n) is 14.6. The Morgan fingerprint density at radius 2 is 2.12 bits per heavy atom. The van der Waals surface area contributed by atoms with E-state index in [-0.39, 0.29) is 11.3 Å². The van der Waals surface area contributed by atoms with Gasteiger partial charge in [-0.25, -0.2) is 0 Å². The number of halogens is 1. The molecule has 5 heteroatoms. The number of benzene rings is 1. The van der Waals surface area contributed by atoms with Crippen molar-refractivity contribution < 1.29 is 14.3 Å². The highest BCUT2D eigenvalue weighted by molar-refractivity contribution is 6.30. The van der Waals surface area contributed by atoms with Crippen LogP contribution in [-0.4, -0.2) is 38.9 Å². The maximum Gasteiger partial charge on any atom is 0.222 e. The number of rotatable bonds is 8. The van der Waals surface area contributed by atoms with E-state index in [4.69, 9.17) is 21.1 Å². The minimum absolute atomic E-state index is 0.0339. The SMILES string of the molecule is CC(C)COCCC(=O)NCC1(c2cccc(Cl)c2)CCOCC1. The number of hydrogen-bond donors (Lipinski definition) is 1. The summed E-state index contributed by atoms with van der Waals surface area (Å²) in [5, 5.41) is 3.81. The summed E-state index contributed by atoms with van der Waals surface area (Å²) in [5.74, 6) is 0.521. The Balaban J connectivity index is 1.91. The van der Waals surface area contributed by atoms with Gasteiger partial charge in [-0.1, -0.05) is 37.6 Å². The number of ether oxygens (including phenoxy) is 2. The van der Waals surface area contributed by atoms with Gasteiger partial charge in [0.2, 0.25) is 5.91 Å². The Labute approximate surface area is 149 Å². The Kier molecular flexibility index (Phi) is 7.53. The van der Waals surface area contributed by atoms with Crippen LogP contribution in [0.4, 0.5) is 0 Å². The average molecular weight is 354 g/mol. The second kappa shape index (κ2) is 9.40. The third-order valence-corrected chi connectivity index (χ3v) is 4.67. The van der Waals surface area contributed by atoms with E-state index in [1.165, 1.54) is 5.56 Å². The summed E-state index contributed by atoms with van der Waals surface area (Å²) < 4.78 is 11.0. The van der Waals surface area contributed by atoms with Crippen LogP contribution in [0.25, 0.3) is 0 Å². The first-order valence-electron chi connectivity index (χ1n) is 8.70. The van der Waals surface area contributed by atoms with E-state index < -0.39 is 0 Å². The summed E-state index contributed by atoms with van der Waals surface area (Å²) in [6, 6.07) is 7.94. The molecule has 1 saturated heterocycles. The molecule has 24 heavy (non-hydrogen) atoms. The van der Waals surface area contributed by atoms with Crippen LogP contribution < -0.4 is 5.32 Å². The number of amides is 1. The molecule has 0 aliphatic carbocycles. The summed E-state index contributed by atoms with van der Waals surface area (Å²) in [6.07, 6.45) is 2.17. The number of nitrogens with one attached hydrogen (secondary N) is 1. The van der Waals surface area contributed by atoms with Crippen LogP contribution in [0.2, 0.25) is 5.02 Å². The first-order valence-corrected chi connectivity index (χ1v) is 9.08. The van der Waals surface area contributed by atoms with Crippen molar-refractivity contribution in [2.75, 3.05) is 33.0 Å². The Morgan fingerprint density at radius 3 is 2.79 bits per heavy atom. The molecule has 1 N–H and O–H groups in total. The van der Waals surface area contributed by atoms with E-state index in [0.717, 1.165) is 17.9 Å². The highest BCUT2D eigenvalue weighted by Crippen LogP contribution is 2.35. The molecular weight excluding hydrogens is 326 g/mol. The Hall–Kier alpha value is -1.10. The van der Waals surface area contributed by atoms with Gasteiger partial charge in [0, 0.05) is 43.2 Å². The van der Waals surface area contributed by atoms with Gasteiger partial charge in [0.15, 0.2) is 0 Å². The fourth-order valence-electron chi connectivity index (χ4n) is 2.99. The van der Waals surface area contributed by atoms with Crippen LogP contribution in [0.3, 0.4) is 0 Å². The molecular formula is C19H28ClNO3. The lowest BCUT2D eigenvalue weighted by atomic mass is 9.74. The van der Waals surface area contributed by atoms with Crippen molar-refractivity contribution in [2.45, 2.75) is 38.5 Å². The standard InChI is InChI=1S/C19H28ClNO3/c1-15(2)13-24-9-6-18(22)21-14-19(7-10-23-11-8-19)16-4-3-5-17(20)12-16/h3-5,12,15H,6-11,13-14H2,1-2H3,(H,21,22). The predicted octanol–water partition coefficient (Wildman–Crippen LogP) is 3.57. The third-order valence-electron chi connectivity index (χ3n) is 4.44. The van der Waals surface area contributed by atoms with Crippen molar-refractivity contribution in [1.82, 2.24) is 5.32 Å². The highest BCUT2D eigenvalue weighted by atomic mass is 35.5. The maximum atomic E-state index is 12.1. The lowest BCUT2D eigenvalue weighted by molar-refractivity contribution is -0.122. The van der Waals surface area contributed by atoms with Crippen LogP contribution in [0.15, 0.2) is 24.3 Å². The van der Waals surface area contributed by atoms with Gasteiger partial charge in [-0.05, 0) is 36.5 Å². The molecule has 0 saturated carbocycles. The zero-order valence-corrected chi connectivity index (χ0v) is 15.4. The molecule has 0 spiro atoms. The lowest BCUT2D eigenvalue weighted by Gasteiger charge is -2.38. The molecule has 1 fully saturated rings. The van der Waals surface area contributed by atoms with Gasteiger partial charge < -0.3 is 14.8 Å². The average Bonchev–Trinajstić information content (AvgIpc) is 2.57. The smallest absolute Gasteiger partial charge is 0.222 e. The predicted molar refractivity (Wildman–Crippen MR) is 96.5 cm³/mol. The summed E-state index contributed by atoms with van der Waals surface area (Å²) >= 11 is 6.16. The largest absolute Gasteiger partial charge is 0.381 e. The first-order chi connectivity index (χ1) is 11.5. The highest BCUT2D eigenvalue weighted by Gasteiger charge is 2.34. The molecule has 0 atom stereocenters. The van der Waals surface area contributed by atoms with Crippen LogP contribution in [0, 0.1) is 5.92 Å². The molecule has 1 heterocycles. The van der Waals surface area contributed by atoms with Crippen molar-refractivity contribution in [3.63, 3.8) is 0 Å². The van der Waals surface area contributed by atoms with Gasteiger partial charge in [-0.3, -0.25) is 4.79 Å². The number of hydrogen-bond acceptors (Lipinski definition) is 3. The minimum Gasteiger partial charge on any atom is -0.381 e. The molecule has 0 radical (unpaired) electrons. The summed E-state index contributed by atoms with van der Waals surface area (Å²) in [4.78, 5) is 12.1. The Bertz CT molecular complexity index is 527. The number of carbonyl (C=O) groups excluding carboxylic acids is 1. The van der Waals surface area contributed by atoms with Crippen LogP contribution in [-0.2, 0) is 19.7 Å². The van der Waals surface area contributed by atoms with E-state index in [2.05, 4.69) is 25.2 Å². The van der Waals surface area contributed by atoms with Crippen molar-refractivity contribution >= 4 is 17.5 Å². The van der Waals surface area contributed by atoms with Gasteiger partial charge in [0.05, 0.1) is 6.61 Å². The summed E-state index contributed by atoms with van der Waals surface area (Å²) in [5.41, 5.74) is 1.08. The topological polar surface area (TPSA) is 47.6 Å². The molecule has 0 unspecified atom stereocenters. The fourth-order valence-corrected chi connectivity index (χ4v) is 3.18. The van der Waals surface area contributed by atoms with Crippen molar-refractivity contribution in [3.05, 3.63) is 34.9 Å². The third kappa shape index (κ3) is 5.76. The zero-order chi connectivity index (χ0) is 17.4. The van der Waals surface area contributed by atoms with Gasteiger partial charge >= 0.3 is 0 Å². The van der Waals surface area contributed by atoms with Gasteiger partial charge in [0.1, 0.15) is 0 Å². The second-order valence-corrected chi connectivity index (χ2v) is 7.33. The van der Waals surface area contributed by atoms with E-state index in [1.807, 2.05) is 18.2 Å². The molecule has 4 nitrogen and oxygen atoms in total. The molecule has 1 aliphatic heterocycles. The van der Waals surface area contributed by atoms with Crippen molar-refractivity contribution in [1.29, 1.82) is 0 Å². The fraction of sp³-hybridized carbons (Fsp3) is 0.632. The van der Waals surface area contributed by atoms with E-state index in [9.17, 15) is 4.79 Å². The van der Waals surface area contributed by atoms with E-state index in [1.54, 1.807) is 0 Å². The summed E-state index contributed by atoms with van der Waals surface area (Å²) in [6.45, 7) is 7.38.